The molecule has 3 heterocycles. The number of phenolic OH excluding ortho intramolecular Hbond substituents is 1. The Bertz CT molecular complexity index is 1800. The number of hydrogen-bond acceptors (Lipinski definition) is 9. The molecular formula is C33H33N7O5S. The molecule has 1 aromatic heterocycles. The number of hydrazine groups is 1. The van der Waals surface area contributed by atoms with E-state index in [4.69, 9.17) is 16.9 Å². The number of nitrogens with zero attached hydrogens (tertiary/aromatic N) is 5. The monoisotopic (exact) mass is 639 g/mol. The molecule has 236 valence electrons. The summed E-state index contributed by atoms with van der Waals surface area (Å²) in [6.07, 6.45) is 5.27. The molecule has 4 N–H and O–H groups in total. The first-order chi connectivity index (χ1) is 22.2. The molecule has 2 aliphatic heterocycles. The molecule has 12 nitrogen and oxygen atoms in total. The lowest BCUT2D eigenvalue weighted by molar-refractivity contribution is -0.157. The van der Waals surface area contributed by atoms with Crippen LogP contribution in [-0.4, -0.2) is 86.7 Å². The maximum Gasteiger partial charge on any atom is 0.333 e. The summed E-state index contributed by atoms with van der Waals surface area (Å²) < 4.78 is 6.12. The minimum absolute atomic E-state index is 0.0833. The van der Waals surface area contributed by atoms with Gasteiger partial charge in [-0.15, -0.1) is 6.42 Å². The summed E-state index contributed by atoms with van der Waals surface area (Å²) in [4.78, 5) is 49.2. The fourth-order valence-corrected chi connectivity index (χ4v) is 6.76. The molecule has 0 saturated carbocycles. The zero-order valence-corrected chi connectivity index (χ0v) is 25.9. The van der Waals surface area contributed by atoms with Crippen LogP contribution < -0.4 is 15.8 Å². The number of carbonyl (C=O) groups excluding carboxylic acids is 3. The smallest absolute Gasteiger partial charge is 0.333 e. The van der Waals surface area contributed by atoms with Crippen LogP contribution in [0.2, 0.25) is 0 Å². The number of terminal acetylenes is 1. The van der Waals surface area contributed by atoms with Crippen LogP contribution in [0.1, 0.15) is 16.7 Å². The SMILES string of the molecule is C#CCN(C(=O)NCc1ccc(OC)cc1)N1CC(=O)N2[C@@H](Cc3ccc(O)cc3)C(=O)N(Cc3cccc4sc(N)nc34)C[C@@H]21. The summed E-state index contributed by atoms with van der Waals surface area (Å²) in [6, 6.07) is 18.3. The van der Waals surface area contributed by atoms with Crippen molar-refractivity contribution >= 4 is 44.5 Å². The van der Waals surface area contributed by atoms with Gasteiger partial charge >= 0.3 is 6.03 Å². The van der Waals surface area contributed by atoms with Gasteiger partial charge in [0.05, 0.1) is 37.0 Å². The van der Waals surface area contributed by atoms with E-state index in [2.05, 4.69) is 16.2 Å². The molecule has 46 heavy (non-hydrogen) atoms. The third-order valence-electron chi connectivity index (χ3n) is 8.20. The average Bonchev–Trinajstić information content (AvgIpc) is 3.60. The number of anilines is 1. The lowest BCUT2D eigenvalue weighted by Gasteiger charge is -2.46. The topological polar surface area (TPSA) is 145 Å². The van der Waals surface area contributed by atoms with Crippen LogP contribution in [0.3, 0.4) is 0 Å². The number of carbonyl (C=O) groups is 3. The lowest BCUT2D eigenvalue weighted by Crippen LogP contribution is -2.66. The van der Waals surface area contributed by atoms with Crippen molar-refractivity contribution < 1.29 is 24.2 Å². The highest BCUT2D eigenvalue weighted by molar-refractivity contribution is 7.22. The van der Waals surface area contributed by atoms with Crippen LogP contribution in [0.5, 0.6) is 11.5 Å². The number of ether oxygens (including phenoxy) is 1. The third-order valence-corrected chi connectivity index (χ3v) is 9.05. The van der Waals surface area contributed by atoms with E-state index < -0.39 is 18.2 Å². The molecule has 0 radical (unpaired) electrons. The summed E-state index contributed by atoms with van der Waals surface area (Å²) in [5, 5.41) is 16.2. The van der Waals surface area contributed by atoms with Crippen LogP contribution in [0, 0.1) is 12.3 Å². The van der Waals surface area contributed by atoms with Gasteiger partial charge in [0.25, 0.3) is 0 Å². The van der Waals surface area contributed by atoms with Crippen LogP contribution >= 0.6 is 11.3 Å². The van der Waals surface area contributed by atoms with Gasteiger partial charge in [0.2, 0.25) is 11.8 Å². The average molecular weight is 640 g/mol. The van der Waals surface area contributed by atoms with E-state index in [1.165, 1.54) is 16.3 Å². The van der Waals surface area contributed by atoms with E-state index in [-0.39, 0.29) is 56.7 Å². The fraction of sp³-hybridized carbons (Fsp3) is 0.273. The number of hydrogen-bond donors (Lipinski definition) is 3. The molecule has 4 amide bonds. The molecule has 0 spiro atoms. The predicted octanol–water partition coefficient (Wildman–Crippen LogP) is 2.78. The first kappa shape index (κ1) is 30.7. The molecule has 0 unspecified atom stereocenters. The Morgan fingerprint density at radius 1 is 1.15 bits per heavy atom. The Kier molecular flexibility index (Phi) is 8.65. The number of thiazole rings is 1. The van der Waals surface area contributed by atoms with Crippen molar-refractivity contribution in [2.75, 3.05) is 32.5 Å². The second kappa shape index (κ2) is 13.0. The second-order valence-electron chi connectivity index (χ2n) is 11.1. The number of amides is 4. The standard InChI is InChI=1S/C33H33N7O5S/c1-3-15-38(33(44)35-17-22-9-13-25(45-2)14-10-22)39-20-29(42)40-26(16-21-7-11-24(41)12-8-21)31(43)37(19-28(39)40)18-23-5-4-6-27-30(23)36-32(34)46-27/h1,4-14,26,28,41H,15-20H2,2H3,(H2,34,36)(H,35,44)/t26-,28+/m0/s1. The maximum absolute atomic E-state index is 14.2. The molecule has 0 aliphatic carbocycles. The molecule has 2 fully saturated rings. The number of nitrogen functional groups attached to an aromatic ring is 1. The summed E-state index contributed by atoms with van der Waals surface area (Å²) >= 11 is 1.37. The number of aromatic hydroxyl groups is 1. The zero-order chi connectivity index (χ0) is 32.4. The first-order valence-electron chi connectivity index (χ1n) is 14.7. The van der Waals surface area contributed by atoms with Crippen LogP contribution in [0.25, 0.3) is 10.2 Å². The number of piperazine rings is 1. The number of methoxy groups -OCH3 is 1. The van der Waals surface area contributed by atoms with Crippen molar-refractivity contribution in [3.63, 3.8) is 0 Å². The Labute approximate surface area is 269 Å². The molecule has 3 aromatic carbocycles. The van der Waals surface area contributed by atoms with Gasteiger partial charge in [0.1, 0.15) is 23.7 Å². The molecule has 2 atom stereocenters. The third kappa shape index (κ3) is 6.13. The highest BCUT2D eigenvalue weighted by Gasteiger charge is 2.52. The van der Waals surface area contributed by atoms with Gasteiger partial charge in [0.15, 0.2) is 5.13 Å². The molecular weight excluding hydrogens is 606 g/mol. The Morgan fingerprint density at radius 3 is 2.61 bits per heavy atom. The molecule has 6 rings (SSSR count). The summed E-state index contributed by atoms with van der Waals surface area (Å²) in [5.41, 5.74) is 9.18. The second-order valence-corrected chi connectivity index (χ2v) is 12.1. The van der Waals surface area contributed by atoms with Crippen molar-refractivity contribution in [2.24, 2.45) is 0 Å². The number of benzene rings is 3. The molecule has 2 saturated heterocycles. The fourth-order valence-electron chi connectivity index (χ4n) is 5.98. The van der Waals surface area contributed by atoms with E-state index in [1.54, 1.807) is 58.3 Å². The van der Waals surface area contributed by atoms with Gasteiger partial charge < -0.3 is 30.7 Å². The van der Waals surface area contributed by atoms with Gasteiger partial charge in [0, 0.05) is 19.5 Å². The number of phenols is 1. The zero-order valence-electron chi connectivity index (χ0n) is 25.1. The normalized spacial score (nSPS) is 18.0. The van der Waals surface area contributed by atoms with E-state index in [0.29, 0.717) is 10.9 Å². The first-order valence-corrected chi connectivity index (χ1v) is 15.5. The Hall–Kier alpha value is -5.32. The minimum atomic E-state index is -0.851. The van der Waals surface area contributed by atoms with Crippen LogP contribution in [0.15, 0.2) is 66.7 Å². The van der Waals surface area contributed by atoms with Gasteiger partial charge in [-0.1, -0.05) is 53.7 Å². The van der Waals surface area contributed by atoms with Crippen molar-refractivity contribution in [3.8, 4) is 23.8 Å². The van der Waals surface area contributed by atoms with Crippen LogP contribution in [-0.2, 0) is 29.1 Å². The summed E-state index contributed by atoms with van der Waals surface area (Å²) in [7, 11) is 1.58. The Morgan fingerprint density at radius 2 is 1.89 bits per heavy atom. The van der Waals surface area contributed by atoms with Crippen LogP contribution in [0.4, 0.5) is 9.93 Å². The highest BCUT2D eigenvalue weighted by atomic mass is 32.1. The van der Waals surface area contributed by atoms with Crippen molar-refractivity contribution in [2.45, 2.75) is 31.7 Å². The molecule has 13 heteroatoms. The molecule has 0 bridgehead atoms. The number of aromatic nitrogens is 1. The largest absolute Gasteiger partial charge is 0.508 e. The lowest BCUT2D eigenvalue weighted by atomic mass is 9.99. The van der Waals surface area contributed by atoms with Gasteiger partial charge in [-0.25, -0.2) is 14.8 Å². The van der Waals surface area contributed by atoms with E-state index >= 15 is 0 Å². The minimum Gasteiger partial charge on any atom is -0.508 e. The van der Waals surface area contributed by atoms with E-state index in [1.807, 2.05) is 30.3 Å². The predicted molar refractivity (Wildman–Crippen MR) is 173 cm³/mol. The molecule has 4 aromatic rings. The van der Waals surface area contributed by atoms with E-state index in [9.17, 15) is 19.5 Å². The number of para-hydroxylation sites is 1. The van der Waals surface area contributed by atoms with E-state index in [0.717, 1.165) is 26.9 Å². The van der Waals surface area contributed by atoms with Crippen molar-refractivity contribution in [1.29, 1.82) is 0 Å². The van der Waals surface area contributed by atoms with Crippen molar-refractivity contribution in [3.05, 3.63) is 83.4 Å². The number of nitrogens with two attached hydrogens (primary N) is 1. The highest BCUT2D eigenvalue weighted by Crippen LogP contribution is 2.32. The van der Waals surface area contributed by atoms with Crippen molar-refractivity contribution in [1.82, 2.24) is 30.1 Å². The number of rotatable bonds is 9. The van der Waals surface area contributed by atoms with Gasteiger partial charge in [-0.3, -0.25) is 9.59 Å². The molecule has 2 aliphatic rings. The Balaban J connectivity index is 1.30. The quantitative estimate of drug-likeness (QED) is 0.237. The van der Waals surface area contributed by atoms with Gasteiger partial charge in [-0.2, -0.15) is 5.01 Å². The van der Waals surface area contributed by atoms with Gasteiger partial charge in [-0.05, 0) is 47.0 Å². The number of fused-ring (bicyclic) bond motifs is 2. The maximum atomic E-state index is 14.2. The summed E-state index contributed by atoms with van der Waals surface area (Å²) in [6.45, 7) is 0.388. The number of nitrogens with one attached hydrogen (secondary N) is 1. The summed E-state index contributed by atoms with van der Waals surface area (Å²) in [5.74, 6) is 2.82. The number of urea groups is 1.